The van der Waals surface area contributed by atoms with Crippen LogP contribution >= 0.6 is 0 Å². The van der Waals surface area contributed by atoms with Gasteiger partial charge in [0.1, 0.15) is 12.6 Å². The van der Waals surface area contributed by atoms with E-state index >= 15 is 0 Å². The lowest BCUT2D eigenvalue weighted by molar-refractivity contribution is -0.138. The number of carboxylic acids is 1. The average Bonchev–Trinajstić information content (AvgIpc) is 3.52. The molecule has 2 fully saturated rings. The molecule has 2 N–H and O–H groups in total. The number of hydrogen-bond donors (Lipinski definition) is 2. The van der Waals surface area contributed by atoms with Crippen LogP contribution < -0.4 is 5.32 Å². The number of carbonyl (C=O) groups is 3. The van der Waals surface area contributed by atoms with Crippen molar-refractivity contribution < 1.29 is 29.0 Å². The third kappa shape index (κ3) is 4.37. The van der Waals surface area contributed by atoms with E-state index in [9.17, 15) is 14.4 Å². The maximum absolute atomic E-state index is 13.1. The highest BCUT2D eigenvalue weighted by atomic mass is 16.5. The molecule has 2 aromatic rings. The van der Waals surface area contributed by atoms with Crippen molar-refractivity contribution in [1.29, 1.82) is 0 Å². The molecular formula is C26H28N2O6. The zero-order chi connectivity index (χ0) is 23.7. The quantitative estimate of drug-likeness (QED) is 0.653. The van der Waals surface area contributed by atoms with Crippen molar-refractivity contribution in [2.24, 2.45) is 11.8 Å². The largest absolute Gasteiger partial charge is 0.481 e. The SMILES string of the molecule is O=C(O)CCC(NC(=O)OCC1c2ccccc2-c2ccccc21)C(=O)N1CC2COCC2C1. The van der Waals surface area contributed by atoms with Gasteiger partial charge in [-0.3, -0.25) is 9.59 Å². The first-order chi connectivity index (χ1) is 16.5. The Balaban J connectivity index is 1.24. The Bertz CT molecular complexity index is 1040. The number of benzene rings is 2. The maximum Gasteiger partial charge on any atom is 0.407 e. The number of alkyl carbamates (subject to hydrolysis) is 1. The number of nitrogens with zero attached hydrogens (tertiary/aromatic N) is 1. The fourth-order valence-electron chi connectivity index (χ4n) is 5.40. The van der Waals surface area contributed by atoms with E-state index in [0.717, 1.165) is 22.3 Å². The van der Waals surface area contributed by atoms with E-state index in [2.05, 4.69) is 17.4 Å². The number of aliphatic carboxylic acids is 1. The molecule has 8 heteroatoms. The van der Waals surface area contributed by atoms with Crippen LogP contribution in [0.3, 0.4) is 0 Å². The van der Waals surface area contributed by atoms with Crippen LogP contribution in [0.1, 0.15) is 29.9 Å². The molecule has 0 radical (unpaired) electrons. The molecule has 8 nitrogen and oxygen atoms in total. The number of likely N-dealkylation sites (tertiary alicyclic amines) is 1. The maximum atomic E-state index is 13.1. The van der Waals surface area contributed by atoms with Gasteiger partial charge in [-0.05, 0) is 28.7 Å². The van der Waals surface area contributed by atoms with E-state index in [1.165, 1.54) is 0 Å². The number of fused-ring (bicyclic) bond motifs is 4. The number of ether oxygens (including phenoxy) is 2. The first kappa shape index (κ1) is 22.4. The topological polar surface area (TPSA) is 105 Å². The first-order valence-electron chi connectivity index (χ1n) is 11.7. The second-order valence-electron chi connectivity index (χ2n) is 9.26. The summed E-state index contributed by atoms with van der Waals surface area (Å²) in [6, 6.07) is 15.2. The predicted molar refractivity (Wildman–Crippen MR) is 123 cm³/mol. The highest BCUT2D eigenvalue weighted by Gasteiger charge is 2.41. The van der Waals surface area contributed by atoms with Gasteiger partial charge < -0.3 is 24.8 Å². The fourth-order valence-corrected chi connectivity index (χ4v) is 5.40. The van der Waals surface area contributed by atoms with Crippen molar-refractivity contribution in [2.75, 3.05) is 32.9 Å². The second kappa shape index (κ2) is 9.46. The average molecular weight is 465 g/mol. The van der Waals surface area contributed by atoms with E-state index in [-0.39, 0.29) is 31.3 Å². The lowest BCUT2D eigenvalue weighted by atomic mass is 9.98. The van der Waals surface area contributed by atoms with Gasteiger partial charge in [-0.1, -0.05) is 48.5 Å². The van der Waals surface area contributed by atoms with E-state index in [0.29, 0.717) is 38.1 Å². The molecule has 3 aliphatic rings. The summed E-state index contributed by atoms with van der Waals surface area (Å²) in [5, 5.41) is 11.8. The molecule has 3 atom stereocenters. The molecule has 2 aliphatic heterocycles. The first-order valence-corrected chi connectivity index (χ1v) is 11.7. The summed E-state index contributed by atoms with van der Waals surface area (Å²) in [7, 11) is 0. The Hall–Kier alpha value is -3.39. The Labute approximate surface area is 197 Å². The molecule has 0 bridgehead atoms. The van der Waals surface area contributed by atoms with Crippen LogP contribution in [0.2, 0.25) is 0 Å². The third-order valence-electron chi connectivity index (χ3n) is 7.13. The van der Waals surface area contributed by atoms with Crippen LogP contribution in [0.5, 0.6) is 0 Å². The lowest BCUT2D eigenvalue weighted by Gasteiger charge is -2.25. The highest BCUT2D eigenvalue weighted by molar-refractivity contribution is 5.86. The van der Waals surface area contributed by atoms with E-state index < -0.39 is 18.1 Å². The molecule has 34 heavy (non-hydrogen) atoms. The van der Waals surface area contributed by atoms with Gasteiger partial charge in [0, 0.05) is 37.3 Å². The summed E-state index contributed by atoms with van der Waals surface area (Å²) < 4.78 is 11.0. The number of rotatable bonds is 7. The van der Waals surface area contributed by atoms with Gasteiger partial charge in [0.15, 0.2) is 0 Å². The molecule has 2 amide bonds. The van der Waals surface area contributed by atoms with Crippen molar-refractivity contribution in [2.45, 2.75) is 24.8 Å². The monoisotopic (exact) mass is 464 g/mol. The summed E-state index contributed by atoms with van der Waals surface area (Å²) >= 11 is 0. The molecular weight excluding hydrogens is 436 g/mol. The van der Waals surface area contributed by atoms with Crippen LogP contribution in [0.25, 0.3) is 11.1 Å². The van der Waals surface area contributed by atoms with Crippen LogP contribution in [0.4, 0.5) is 4.79 Å². The smallest absolute Gasteiger partial charge is 0.407 e. The Morgan fingerprint density at radius 1 is 1.00 bits per heavy atom. The van der Waals surface area contributed by atoms with E-state index in [4.69, 9.17) is 14.6 Å². The van der Waals surface area contributed by atoms with Crippen LogP contribution in [-0.4, -0.2) is 66.9 Å². The molecule has 178 valence electrons. The van der Waals surface area contributed by atoms with Gasteiger partial charge >= 0.3 is 12.1 Å². The van der Waals surface area contributed by atoms with Gasteiger partial charge in [-0.2, -0.15) is 0 Å². The van der Waals surface area contributed by atoms with E-state index in [1.54, 1.807) is 4.90 Å². The third-order valence-corrected chi connectivity index (χ3v) is 7.13. The normalized spacial score (nSPS) is 21.5. The minimum atomic E-state index is -1.01. The van der Waals surface area contributed by atoms with Crippen LogP contribution in [0, 0.1) is 11.8 Å². The number of carbonyl (C=O) groups excluding carboxylic acids is 2. The molecule has 3 unspecified atom stereocenters. The Morgan fingerprint density at radius 2 is 1.59 bits per heavy atom. The molecule has 2 aromatic carbocycles. The molecule has 0 saturated carbocycles. The van der Waals surface area contributed by atoms with Crippen molar-refractivity contribution in [3.05, 3.63) is 59.7 Å². The van der Waals surface area contributed by atoms with Gasteiger partial charge in [0.25, 0.3) is 0 Å². The Kier molecular flexibility index (Phi) is 6.24. The van der Waals surface area contributed by atoms with Gasteiger partial charge in [0.2, 0.25) is 5.91 Å². The molecule has 2 saturated heterocycles. The summed E-state index contributed by atoms with van der Waals surface area (Å²) in [6.07, 6.45) is -0.918. The van der Waals surface area contributed by atoms with Crippen molar-refractivity contribution >= 4 is 18.0 Å². The van der Waals surface area contributed by atoms with Crippen molar-refractivity contribution in [3.8, 4) is 11.1 Å². The number of amides is 2. The van der Waals surface area contributed by atoms with Crippen molar-refractivity contribution in [1.82, 2.24) is 10.2 Å². The zero-order valence-corrected chi connectivity index (χ0v) is 18.8. The van der Waals surface area contributed by atoms with Gasteiger partial charge in [-0.25, -0.2) is 4.79 Å². The Morgan fingerprint density at radius 3 is 2.18 bits per heavy atom. The molecule has 5 rings (SSSR count). The molecule has 0 aromatic heterocycles. The second-order valence-corrected chi connectivity index (χ2v) is 9.26. The van der Waals surface area contributed by atoms with Gasteiger partial charge in [-0.15, -0.1) is 0 Å². The molecule has 1 aliphatic carbocycles. The predicted octanol–water partition coefficient (Wildman–Crippen LogP) is 2.86. The number of nitrogens with one attached hydrogen (secondary N) is 1. The van der Waals surface area contributed by atoms with Crippen LogP contribution in [-0.2, 0) is 19.1 Å². The standard InChI is InChI=1S/C26H28N2O6/c29-24(30)10-9-23(25(31)28-11-16-13-33-14-17(16)12-28)27-26(32)34-15-22-20-7-3-1-5-18(20)19-6-2-4-8-21(19)22/h1-8,16-17,22-23H,9-15H2,(H,27,32)(H,29,30). The van der Waals surface area contributed by atoms with Crippen LogP contribution in [0.15, 0.2) is 48.5 Å². The van der Waals surface area contributed by atoms with E-state index in [1.807, 2.05) is 36.4 Å². The number of carboxylic acid groups (broad SMARTS) is 1. The lowest BCUT2D eigenvalue weighted by Crippen LogP contribution is -2.48. The molecule has 2 heterocycles. The summed E-state index contributed by atoms with van der Waals surface area (Å²) in [5.41, 5.74) is 4.46. The van der Waals surface area contributed by atoms with Crippen molar-refractivity contribution in [3.63, 3.8) is 0 Å². The summed E-state index contributed by atoms with van der Waals surface area (Å²) in [5.74, 6) is -0.760. The number of hydrogen-bond acceptors (Lipinski definition) is 5. The summed E-state index contributed by atoms with van der Waals surface area (Å²) in [4.78, 5) is 38.7. The minimum Gasteiger partial charge on any atom is -0.481 e. The highest BCUT2D eigenvalue weighted by Crippen LogP contribution is 2.44. The minimum absolute atomic E-state index is 0.0146. The summed E-state index contributed by atoms with van der Waals surface area (Å²) in [6.45, 7) is 2.53. The zero-order valence-electron chi connectivity index (χ0n) is 18.8. The fraction of sp³-hybridized carbons (Fsp3) is 0.423. The van der Waals surface area contributed by atoms with Gasteiger partial charge in [0.05, 0.1) is 13.2 Å². The molecule has 0 spiro atoms.